The number of aliphatic carboxylic acids is 1. The van der Waals surface area contributed by atoms with Crippen LogP contribution in [0, 0.1) is 12.1 Å². The van der Waals surface area contributed by atoms with Gasteiger partial charge in [-0.3, -0.25) is 4.79 Å². The van der Waals surface area contributed by atoms with Gasteiger partial charge in [0, 0.05) is 9.68 Å². The number of hydrogen-bond donors (Lipinski definition) is 1. The molecule has 1 unspecified atom stereocenters. The number of carboxylic acids is 1. The van der Waals surface area contributed by atoms with Crippen molar-refractivity contribution in [3.63, 3.8) is 0 Å². The van der Waals surface area contributed by atoms with Crippen molar-refractivity contribution in [2.45, 2.75) is 19.1 Å². The fourth-order valence-electron chi connectivity index (χ4n) is 2.17. The van der Waals surface area contributed by atoms with Crippen molar-refractivity contribution >= 4 is 18.0 Å². The summed E-state index contributed by atoms with van der Waals surface area (Å²) in [5.41, 5.74) is -1.26. The van der Waals surface area contributed by atoms with Crippen LogP contribution in [0.1, 0.15) is 15.2 Å². The fraction of sp³-hybridized carbons (Fsp3) is 0.375. The molecule has 158 valence electrons. The largest absolute Gasteiger partial charge is 0.569 e. The number of carboxylic acid groups (broad SMARTS) is 1. The van der Waals surface area contributed by atoms with Gasteiger partial charge in [0.2, 0.25) is 11.4 Å². The molecule has 0 saturated heterocycles. The number of carbonyl (C=O) groups is 2. The van der Waals surface area contributed by atoms with E-state index in [9.17, 15) is 28.0 Å². The smallest absolute Gasteiger partial charge is 0.430 e. The van der Waals surface area contributed by atoms with Crippen LogP contribution in [0.2, 0.25) is 0 Å². The molecule has 1 heterocycles. The molecule has 0 amide bonds. The van der Waals surface area contributed by atoms with Gasteiger partial charge >= 0.3 is 18.1 Å². The summed E-state index contributed by atoms with van der Waals surface area (Å²) in [6.07, 6.45) is -6.93. The zero-order valence-electron chi connectivity index (χ0n) is 17.7. The Kier molecular flexibility index (Phi) is 5.25. The van der Waals surface area contributed by atoms with E-state index in [4.69, 9.17) is 14.0 Å². The molecule has 1 atom stereocenters. The number of rotatable bonds is 7. The Morgan fingerprint density at radius 3 is 2.83 bits per heavy atom. The molecule has 0 saturated carbocycles. The molecule has 1 N–H and O–H groups in total. The molecule has 0 spiro atoms. The second kappa shape index (κ2) is 8.67. The van der Waals surface area contributed by atoms with Gasteiger partial charge in [0.1, 0.15) is 5.75 Å². The van der Waals surface area contributed by atoms with E-state index in [-0.39, 0.29) is 21.8 Å². The van der Waals surface area contributed by atoms with Crippen LogP contribution >= 0.6 is 0 Å². The van der Waals surface area contributed by atoms with Gasteiger partial charge in [0.05, 0.1) is 17.6 Å². The normalized spacial score (nSPS) is 18.2. The van der Waals surface area contributed by atoms with Gasteiger partial charge in [0.25, 0.3) is 6.79 Å². The first kappa shape index (κ1) is 17.6. The summed E-state index contributed by atoms with van der Waals surface area (Å²) in [5, 5.41) is 23.4. The Labute approximate surface area is 166 Å². The van der Waals surface area contributed by atoms with Gasteiger partial charge in [-0.15, -0.1) is 5.01 Å². The van der Waals surface area contributed by atoms with Crippen molar-refractivity contribution in [3.8, 4) is 5.75 Å². The number of hydrazine groups is 1. The summed E-state index contributed by atoms with van der Waals surface area (Å²) in [6.45, 7) is -4.36. The quantitative estimate of drug-likeness (QED) is 0.177. The Morgan fingerprint density at radius 1 is 1.48 bits per heavy atom. The van der Waals surface area contributed by atoms with Gasteiger partial charge in [-0.2, -0.15) is 13.2 Å². The highest BCUT2D eigenvalue weighted by molar-refractivity contribution is 5.96. The summed E-state index contributed by atoms with van der Waals surface area (Å²) in [7, 11) is 1.06. The minimum absolute atomic E-state index is 0.0855. The number of benzene rings is 1. The molecule has 1 aliphatic heterocycles. The molecule has 1 aromatic carbocycles. The number of carbonyl (C=O) groups excluding carboxylic acids is 1. The first-order valence-corrected chi connectivity index (χ1v) is 7.69. The average Bonchev–Trinajstić information content (AvgIpc) is 2.67. The van der Waals surface area contributed by atoms with Crippen LogP contribution in [0.3, 0.4) is 0 Å². The van der Waals surface area contributed by atoms with Crippen LogP contribution in [-0.2, 0) is 19.2 Å². The van der Waals surface area contributed by atoms with E-state index in [1.54, 1.807) is 0 Å². The number of likely N-dealkylation sites (N-methyl/N-ethyl adjacent to an activating group) is 1. The maximum atomic E-state index is 13.4. The molecule has 13 heteroatoms. The third-order valence-corrected chi connectivity index (χ3v) is 3.41. The molecular formula is C16H16F3N3O7. The van der Waals surface area contributed by atoms with Crippen LogP contribution in [0.15, 0.2) is 29.0 Å². The SMILES string of the molecule is [2H]C([2H])([2H])c1ccc2c(c1)C=C(C(=O)OCON=[N+]([O-])N(C)CC(=O)O)C(C(F)(F)F)O2. The van der Waals surface area contributed by atoms with E-state index in [0.717, 1.165) is 31.3 Å². The van der Waals surface area contributed by atoms with Crippen molar-refractivity contribution in [3.05, 3.63) is 40.1 Å². The number of hydrogen-bond acceptors (Lipinski definition) is 7. The summed E-state index contributed by atoms with van der Waals surface area (Å²) in [5.74, 6) is -3.16. The number of esters is 1. The fourth-order valence-corrected chi connectivity index (χ4v) is 2.17. The van der Waals surface area contributed by atoms with Gasteiger partial charge in [-0.25, -0.2) is 4.79 Å². The van der Waals surface area contributed by atoms with Gasteiger partial charge in [0.15, 0.2) is 6.54 Å². The molecule has 0 aromatic heterocycles. The van der Waals surface area contributed by atoms with Crippen molar-refractivity contribution < 1.29 is 51.3 Å². The highest BCUT2D eigenvalue weighted by Crippen LogP contribution is 2.37. The molecule has 2 rings (SSSR count). The molecule has 1 aliphatic rings. The van der Waals surface area contributed by atoms with Crippen LogP contribution in [-0.4, -0.2) is 59.7 Å². The second-order valence-corrected chi connectivity index (χ2v) is 5.61. The Bertz CT molecular complexity index is 951. The lowest BCUT2D eigenvalue weighted by Gasteiger charge is -2.27. The predicted octanol–water partition coefficient (Wildman–Crippen LogP) is 2.03. The lowest BCUT2D eigenvalue weighted by atomic mass is 10.00. The molecule has 29 heavy (non-hydrogen) atoms. The van der Waals surface area contributed by atoms with E-state index in [0.29, 0.717) is 5.01 Å². The van der Waals surface area contributed by atoms with Gasteiger partial charge in [-0.1, -0.05) is 11.6 Å². The first-order chi connectivity index (χ1) is 14.7. The van der Waals surface area contributed by atoms with Crippen LogP contribution < -0.4 is 4.74 Å². The van der Waals surface area contributed by atoms with Crippen molar-refractivity contribution in [1.29, 1.82) is 0 Å². The molecule has 0 bridgehead atoms. The monoisotopic (exact) mass is 422 g/mol. The van der Waals surface area contributed by atoms with Gasteiger partial charge < -0.3 is 24.6 Å². The predicted molar refractivity (Wildman–Crippen MR) is 88.0 cm³/mol. The Hall–Kier alpha value is -3.51. The van der Waals surface area contributed by atoms with Crippen LogP contribution in [0.4, 0.5) is 13.2 Å². The summed E-state index contributed by atoms with van der Waals surface area (Å²) in [6, 6.07) is 3.19. The second-order valence-electron chi connectivity index (χ2n) is 5.61. The van der Waals surface area contributed by atoms with Crippen molar-refractivity contribution in [2.24, 2.45) is 5.28 Å². The maximum absolute atomic E-state index is 13.4. The number of fused-ring (bicyclic) bond motifs is 1. The van der Waals surface area contributed by atoms with E-state index in [1.807, 2.05) is 0 Å². The molecule has 1 aromatic rings. The van der Waals surface area contributed by atoms with Crippen molar-refractivity contribution in [1.82, 2.24) is 5.01 Å². The van der Waals surface area contributed by atoms with E-state index >= 15 is 0 Å². The van der Waals surface area contributed by atoms with Gasteiger partial charge in [-0.05, 0) is 25.1 Å². The zero-order valence-corrected chi connectivity index (χ0v) is 14.7. The number of alkyl halides is 3. The molecule has 0 radical (unpaired) electrons. The van der Waals surface area contributed by atoms with Crippen LogP contribution in [0.5, 0.6) is 5.75 Å². The summed E-state index contributed by atoms with van der Waals surface area (Å²) >= 11 is 0. The Morgan fingerprint density at radius 2 is 2.21 bits per heavy atom. The topological polar surface area (TPSA) is 124 Å². The van der Waals surface area contributed by atoms with Crippen molar-refractivity contribution in [2.75, 3.05) is 20.4 Å². The first-order valence-electron chi connectivity index (χ1n) is 9.19. The molecular weight excluding hydrogens is 403 g/mol. The lowest BCUT2D eigenvalue weighted by Crippen LogP contribution is -2.40. The summed E-state index contributed by atoms with van der Waals surface area (Å²) < 4.78 is 71.7. The molecule has 10 nitrogen and oxygen atoms in total. The lowest BCUT2D eigenvalue weighted by molar-refractivity contribution is -0.704. The standard InChI is InChI=1S/C16H16F3N3O7/c1-9-3-4-12-10(5-9)6-11(14(29-12)16(17,18)19)15(25)27-8-28-20-22(26)21(2)7-13(23)24/h3-6,14H,7-8H2,1-2H3,(H,23,24)/i1D3. The van der Waals surface area contributed by atoms with E-state index < -0.39 is 50.0 Å². The molecule has 0 aliphatic carbocycles. The summed E-state index contributed by atoms with van der Waals surface area (Å²) in [4.78, 5) is 26.7. The average molecular weight is 422 g/mol. The highest BCUT2D eigenvalue weighted by atomic mass is 19.4. The molecule has 0 fully saturated rings. The Balaban J connectivity index is 2.18. The number of aryl methyl sites for hydroxylation is 1. The minimum Gasteiger partial charge on any atom is -0.569 e. The zero-order chi connectivity index (χ0) is 24.3. The highest BCUT2D eigenvalue weighted by Gasteiger charge is 2.48. The maximum Gasteiger partial charge on any atom is 0.430 e. The number of nitrogens with zero attached hydrogens (tertiary/aromatic N) is 3. The number of ether oxygens (including phenoxy) is 2. The van der Waals surface area contributed by atoms with E-state index in [2.05, 4.69) is 14.9 Å². The third kappa shape index (κ3) is 5.73. The third-order valence-electron chi connectivity index (χ3n) is 3.41. The minimum atomic E-state index is -5.01. The van der Waals surface area contributed by atoms with E-state index in [1.165, 1.54) is 0 Å². The number of halogens is 3. The van der Waals surface area contributed by atoms with Crippen LogP contribution in [0.25, 0.3) is 6.08 Å².